The monoisotopic (exact) mass is 226 g/mol. The third-order valence-electron chi connectivity index (χ3n) is 2.07. The van der Waals surface area contributed by atoms with Gasteiger partial charge in [0.1, 0.15) is 12.1 Å². The van der Waals surface area contributed by atoms with E-state index in [4.69, 9.17) is 5.73 Å². The Balaban J connectivity index is 2.78. The lowest BCUT2D eigenvalue weighted by Gasteiger charge is -2.21. The van der Waals surface area contributed by atoms with Gasteiger partial charge >= 0.3 is 0 Å². The van der Waals surface area contributed by atoms with Gasteiger partial charge in [0, 0.05) is 12.6 Å². The molecule has 2 N–H and O–H groups in total. The normalized spacial score (nSPS) is 10.1. The summed E-state index contributed by atoms with van der Waals surface area (Å²) >= 11 is 0. The molecule has 16 heavy (non-hydrogen) atoms. The molecule has 0 radical (unpaired) electrons. The molecule has 0 unspecified atom stereocenters. The lowest BCUT2D eigenvalue weighted by atomic mass is 10.3. The summed E-state index contributed by atoms with van der Waals surface area (Å²) in [7, 11) is 0. The Kier molecular flexibility index (Phi) is 4.63. The summed E-state index contributed by atoms with van der Waals surface area (Å²) in [6.07, 6.45) is 2.99. The van der Waals surface area contributed by atoms with E-state index in [2.05, 4.69) is 9.97 Å². The third kappa shape index (κ3) is 3.80. The molecule has 1 aromatic heterocycles. The Bertz CT molecular complexity index is 358. The highest BCUT2D eigenvalue weighted by molar-refractivity contribution is 5.79. The maximum atomic E-state index is 12.9. The minimum atomic E-state index is -0.615. The van der Waals surface area contributed by atoms with E-state index >= 15 is 0 Å². The van der Waals surface area contributed by atoms with Gasteiger partial charge in [0.25, 0.3) is 0 Å². The zero-order valence-electron chi connectivity index (χ0n) is 9.19. The summed E-state index contributed by atoms with van der Waals surface area (Å²) < 4.78 is 12.9. The number of amides is 1. The number of halogens is 1. The average Bonchev–Trinajstić information content (AvgIpc) is 2.23. The van der Waals surface area contributed by atoms with Crippen LogP contribution in [0.3, 0.4) is 0 Å². The van der Waals surface area contributed by atoms with Gasteiger partial charge in [0.2, 0.25) is 11.9 Å². The Labute approximate surface area is 93.5 Å². The highest BCUT2D eigenvalue weighted by Gasteiger charge is 2.11. The molecule has 88 valence electrons. The number of aromatic nitrogens is 2. The molecule has 0 aliphatic carbocycles. The van der Waals surface area contributed by atoms with Crippen LogP contribution >= 0.6 is 0 Å². The molecular formula is C10H15FN4O. The van der Waals surface area contributed by atoms with Crippen LogP contribution in [0.5, 0.6) is 0 Å². The van der Waals surface area contributed by atoms with Gasteiger partial charge in [0.05, 0.1) is 6.54 Å². The molecule has 0 fully saturated rings. The van der Waals surface area contributed by atoms with Gasteiger partial charge in [0.15, 0.2) is 0 Å². The number of carbonyl (C=O) groups is 1. The average molecular weight is 226 g/mol. The van der Waals surface area contributed by atoms with Crippen LogP contribution in [-0.4, -0.2) is 29.0 Å². The van der Waals surface area contributed by atoms with Crippen LogP contribution in [0.15, 0.2) is 12.4 Å². The van der Waals surface area contributed by atoms with Gasteiger partial charge < -0.3 is 10.6 Å². The second kappa shape index (κ2) is 5.99. The number of hydrogen-bond acceptors (Lipinski definition) is 4. The largest absolute Gasteiger partial charge is 0.368 e. The molecule has 0 spiro atoms. The van der Waals surface area contributed by atoms with Crippen molar-refractivity contribution in [3.05, 3.63) is 18.3 Å². The van der Waals surface area contributed by atoms with Gasteiger partial charge in [-0.1, -0.05) is 13.3 Å². The van der Waals surface area contributed by atoms with Gasteiger partial charge in [-0.15, -0.1) is 0 Å². The molecule has 1 heterocycles. The smallest absolute Gasteiger partial charge is 0.236 e. The molecular weight excluding hydrogens is 211 g/mol. The van der Waals surface area contributed by atoms with Gasteiger partial charge in [-0.05, 0) is 6.42 Å². The standard InChI is InChI=1S/C10H15FN4O/c1-2-3-4-15(6-9(12)16)10-5-8(11)13-7-14-10/h5,7H,2-4,6H2,1H3,(H2,12,16). The molecule has 0 saturated carbocycles. The summed E-state index contributed by atoms with van der Waals surface area (Å²) in [5.74, 6) is -0.689. The van der Waals surface area contributed by atoms with Crippen LogP contribution in [0.1, 0.15) is 19.8 Å². The Morgan fingerprint density at radius 2 is 2.31 bits per heavy atom. The highest BCUT2D eigenvalue weighted by atomic mass is 19.1. The minimum Gasteiger partial charge on any atom is -0.368 e. The van der Waals surface area contributed by atoms with E-state index in [0.717, 1.165) is 19.2 Å². The third-order valence-corrected chi connectivity index (χ3v) is 2.07. The van der Waals surface area contributed by atoms with Crippen molar-refractivity contribution in [1.82, 2.24) is 9.97 Å². The van der Waals surface area contributed by atoms with E-state index in [0.29, 0.717) is 12.4 Å². The summed E-state index contributed by atoms with van der Waals surface area (Å²) in [6.45, 7) is 2.69. The zero-order chi connectivity index (χ0) is 12.0. The van der Waals surface area contributed by atoms with E-state index < -0.39 is 11.9 Å². The van der Waals surface area contributed by atoms with E-state index in [1.165, 1.54) is 6.07 Å². The Hall–Kier alpha value is -1.72. The second-order valence-electron chi connectivity index (χ2n) is 3.44. The van der Waals surface area contributed by atoms with Crippen LogP contribution in [0.25, 0.3) is 0 Å². The summed E-state index contributed by atoms with van der Waals surface area (Å²) in [5, 5.41) is 0. The van der Waals surface area contributed by atoms with E-state index in [9.17, 15) is 9.18 Å². The molecule has 6 heteroatoms. The Morgan fingerprint density at radius 3 is 2.88 bits per heavy atom. The topological polar surface area (TPSA) is 72.1 Å². The number of rotatable bonds is 6. The van der Waals surface area contributed by atoms with Crippen LogP contribution in [0, 0.1) is 5.95 Å². The van der Waals surface area contributed by atoms with Gasteiger partial charge in [-0.2, -0.15) is 4.39 Å². The van der Waals surface area contributed by atoms with Crippen molar-refractivity contribution in [2.75, 3.05) is 18.0 Å². The van der Waals surface area contributed by atoms with Crippen LogP contribution < -0.4 is 10.6 Å². The quantitative estimate of drug-likeness (QED) is 0.725. The van der Waals surface area contributed by atoms with E-state index in [1.807, 2.05) is 6.92 Å². The molecule has 0 bridgehead atoms. The molecule has 0 aliphatic rings. The summed E-state index contributed by atoms with van der Waals surface area (Å²) in [6, 6.07) is 1.19. The lowest BCUT2D eigenvalue weighted by Crippen LogP contribution is -2.35. The van der Waals surface area contributed by atoms with Gasteiger partial charge in [-0.3, -0.25) is 4.79 Å². The maximum Gasteiger partial charge on any atom is 0.236 e. The highest BCUT2D eigenvalue weighted by Crippen LogP contribution is 2.10. The van der Waals surface area contributed by atoms with Gasteiger partial charge in [-0.25, -0.2) is 9.97 Å². The number of nitrogens with zero attached hydrogens (tertiary/aromatic N) is 3. The first-order valence-corrected chi connectivity index (χ1v) is 5.14. The number of nitrogens with two attached hydrogens (primary N) is 1. The molecule has 0 saturated heterocycles. The Morgan fingerprint density at radius 1 is 1.56 bits per heavy atom. The number of unbranched alkanes of at least 4 members (excludes halogenated alkanes) is 1. The van der Waals surface area contributed by atoms with Crippen molar-refractivity contribution < 1.29 is 9.18 Å². The van der Waals surface area contributed by atoms with Crippen LogP contribution in [0.2, 0.25) is 0 Å². The SMILES string of the molecule is CCCCN(CC(N)=O)c1cc(F)ncn1. The van der Waals surface area contributed by atoms with Crippen molar-refractivity contribution in [2.24, 2.45) is 5.73 Å². The molecule has 1 aromatic rings. The fraction of sp³-hybridized carbons (Fsp3) is 0.500. The van der Waals surface area contributed by atoms with Crippen molar-refractivity contribution in [2.45, 2.75) is 19.8 Å². The van der Waals surface area contributed by atoms with Crippen molar-refractivity contribution in [1.29, 1.82) is 0 Å². The molecule has 5 nitrogen and oxygen atoms in total. The van der Waals surface area contributed by atoms with Crippen molar-refractivity contribution in [3.8, 4) is 0 Å². The first kappa shape index (κ1) is 12.4. The number of hydrogen-bond donors (Lipinski definition) is 1. The minimum absolute atomic E-state index is 0.0381. The molecule has 1 rings (SSSR count). The first-order valence-electron chi connectivity index (χ1n) is 5.14. The number of carbonyl (C=O) groups excluding carboxylic acids is 1. The molecule has 0 atom stereocenters. The molecule has 1 amide bonds. The fourth-order valence-corrected chi connectivity index (χ4v) is 1.31. The van der Waals surface area contributed by atoms with Crippen LogP contribution in [-0.2, 0) is 4.79 Å². The second-order valence-corrected chi connectivity index (χ2v) is 3.44. The predicted octanol–water partition coefficient (Wildman–Crippen LogP) is 0.708. The maximum absolute atomic E-state index is 12.9. The van der Waals surface area contributed by atoms with Crippen molar-refractivity contribution >= 4 is 11.7 Å². The van der Waals surface area contributed by atoms with Crippen molar-refractivity contribution in [3.63, 3.8) is 0 Å². The van der Waals surface area contributed by atoms with E-state index in [-0.39, 0.29) is 6.54 Å². The summed E-state index contributed by atoms with van der Waals surface area (Å²) in [5.41, 5.74) is 5.12. The molecule has 0 aromatic carbocycles. The lowest BCUT2D eigenvalue weighted by molar-refractivity contribution is -0.116. The van der Waals surface area contributed by atoms with Crippen LogP contribution in [0.4, 0.5) is 10.2 Å². The first-order chi connectivity index (χ1) is 7.63. The fourth-order valence-electron chi connectivity index (χ4n) is 1.31. The summed E-state index contributed by atoms with van der Waals surface area (Å²) in [4.78, 5) is 19.8. The number of anilines is 1. The predicted molar refractivity (Wildman–Crippen MR) is 58.3 cm³/mol. The molecule has 0 aliphatic heterocycles. The van der Waals surface area contributed by atoms with E-state index in [1.54, 1.807) is 4.90 Å². The zero-order valence-corrected chi connectivity index (χ0v) is 9.19. The number of primary amides is 1.